The number of ether oxygens (including phenoxy) is 3. The Morgan fingerprint density at radius 1 is 1.20 bits per heavy atom. The van der Waals surface area contributed by atoms with E-state index in [-0.39, 0.29) is 0 Å². The van der Waals surface area contributed by atoms with Crippen molar-refractivity contribution in [1.82, 2.24) is 5.32 Å². The number of nitrogens with zero attached hydrogens (tertiary/aromatic N) is 1. The Morgan fingerprint density at radius 3 is 2.84 bits per heavy atom. The van der Waals surface area contributed by atoms with E-state index in [1.165, 1.54) is 12.8 Å². The van der Waals surface area contributed by atoms with Gasteiger partial charge in [-0.3, -0.25) is 4.99 Å². The summed E-state index contributed by atoms with van der Waals surface area (Å²) >= 11 is 0. The van der Waals surface area contributed by atoms with Crippen molar-refractivity contribution >= 4 is 11.6 Å². The van der Waals surface area contributed by atoms with Gasteiger partial charge in [-0.1, -0.05) is 6.07 Å². The van der Waals surface area contributed by atoms with Crippen LogP contribution >= 0.6 is 0 Å². The van der Waals surface area contributed by atoms with Gasteiger partial charge in [0.1, 0.15) is 5.75 Å². The zero-order valence-electron chi connectivity index (χ0n) is 15.4. The molecule has 2 N–H and O–H groups in total. The lowest BCUT2D eigenvalue weighted by molar-refractivity contribution is 0.123. The van der Waals surface area contributed by atoms with Crippen LogP contribution in [0.3, 0.4) is 0 Å². The van der Waals surface area contributed by atoms with Gasteiger partial charge in [0.15, 0.2) is 5.96 Å². The minimum atomic E-state index is 0.644. The minimum Gasteiger partial charge on any atom is -0.493 e. The molecule has 6 heteroatoms. The van der Waals surface area contributed by atoms with Crippen LogP contribution < -0.4 is 15.4 Å². The molecule has 0 heterocycles. The molecule has 1 fully saturated rings. The van der Waals surface area contributed by atoms with Crippen molar-refractivity contribution in [3.63, 3.8) is 0 Å². The number of rotatable bonds is 12. The molecule has 1 aliphatic carbocycles. The molecule has 2 rings (SSSR count). The minimum absolute atomic E-state index is 0.644. The fourth-order valence-corrected chi connectivity index (χ4v) is 2.29. The van der Waals surface area contributed by atoms with Crippen molar-refractivity contribution < 1.29 is 14.2 Å². The topological polar surface area (TPSA) is 64.1 Å². The number of aliphatic imine (C=N–C) groups is 1. The fraction of sp³-hybridized carbons (Fsp3) is 0.632. The van der Waals surface area contributed by atoms with Crippen molar-refractivity contribution in [2.75, 3.05) is 52.4 Å². The number of benzene rings is 1. The zero-order chi connectivity index (χ0) is 17.7. The highest BCUT2D eigenvalue weighted by Gasteiger charge is 2.20. The summed E-state index contributed by atoms with van der Waals surface area (Å²) in [5, 5.41) is 6.59. The highest BCUT2D eigenvalue weighted by molar-refractivity contribution is 5.93. The summed E-state index contributed by atoms with van der Waals surface area (Å²) in [5.74, 6) is 2.41. The third-order valence-corrected chi connectivity index (χ3v) is 3.89. The summed E-state index contributed by atoms with van der Waals surface area (Å²) in [7, 11) is 3.46. The zero-order valence-corrected chi connectivity index (χ0v) is 15.4. The number of hydrogen-bond acceptors (Lipinski definition) is 4. The molecule has 0 saturated heterocycles. The Balaban J connectivity index is 1.65. The van der Waals surface area contributed by atoms with Crippen LogP contribution in [0.1, 0.15) is 25.7 Å². The number of nitrogens with one attached hydrogen (secondary N) is 2. The predicted molar refractivity (Wildman–Crippen MR) is 102 cm³/mol. The second-order valence-electron chi connectivity index (χ2n) is 6.22. The van der Waals surface area contributed by atoms with Gasteiger partial charge in [-0.15, -0.1) is 0 Å². The second-order valence-corrected chi connectivity index (χ2v) is 6.22. The summed E-state index contributed by atoms with van der Waals surface area (Å²) in [5.41, 5.74) is 0.947. The maximum atomic E-state index is 5.72. The van der Waals surface area contributed by atoms with Crippen LogP contribution in [0.4, 0.5) is 5.69 Å². The molecule has 25 heavy (non-hydrogen) atoms. The summed E-state index contributed by atoms with van der Waals surface area (Å²) in [6.07, 6.45) is 4.52. The highest BCUT2D eigenvalue weighted by atomic mass is 16.5. The molecule has 0 unspecified atom stereocenters. The maximum Gasteiger partial charge on any atom is 0.195 e. The van der Waals surface area contributed by atoms with E-state index in [9.17, 15) is 0 Å². The smallest absolute Gasteiger partial charge is 0.195 e. The summed E-state index contributed by atoms with van der Waals surface area (Å²) in [4.78, 5) is 4.25. The highest BCUT2D eigenvalue weighted by Crippen LogP contribution is 2.28. The molecular weight excluding hydrogens is 318 g/mol. The van der Waals surface area contributed by atoms with E-state index in [0.717, 1.165) is 55.9 Å². The first-order valence-electron chi connectivity index (χ1n) is 9.09. The lowest BCUT2D eigenvalue weighted by Crippen LogP contribution is -2.32. The molecule has 0 radical (unpaired) electrons. The Hall–Kier alpha value is -1.79. The van der Waals surface area contributed by atoms with E-state index in [4.69, 9.17) is 14.2 Å². The molecule has 0 amide bonds. The third-order valence-electron chi connectivity index (χ3n) is 3.89. The molecule has 0 spiro atoms. The van der Waals surface area contributed by atoms with E-state index in [0.29, 0.717) is 13.2 Å². The van der Waals surface area contributed by atoms with E-state index in [1.807, 2.05) is 24.3 Å². The molecule has 6 nitrogen and oxygen atoms in total. The Morgan fingerprint density at radius 2 is 2.08 bits per heavy atom. The summed E-state index contributed by atoms with van der Waals surface area (Å²) < 4.78 is 16.4. The number of guanidine groups is 1. The number of anilines is 1. The van der Waals surface area contributed by atoms with Crippen LogP contribution in [-0.4, -0.2) is 53.1 Å². The maximum absolute atomic E-state index is 5.72. The number of hydrogen-bond donors (Lipinski definition) is 2. The summed E-state index contributed by atoms with van der Waals surface area (Å²) in [6.45, 7) is 3.90. The Bertz CT molecular complexity index is 518. The SMILES string of the molecule is CN=C(NCCCOCC1CC1)Nc1cccc(OCCCOC)c1. The molecule has 0 bridgehead atoms. The van der Waals surface area contributed by atoms with E-state index in [1.54, 1.807) is 14.2 Å². The lowest BCUT2D eigenvalue weighted by atomic mass is 10.3. The monoisotopic (exact) mass is 349 g/mol. The standard InChI is InChI=1S/C19H31N3O3/c1-20-19(21-10-4-12-24-15-16-8-9-16)22-17-6-3-7-18(14-17)25-13-5-11-23-2/h3,6-7,14,16H,4-5,8-13,15H2,1-2H3,(H2,20,21,22). The van der Waals surface area contributed by atoms with Crippen molar-refractivity contribution in [2.24, 2.45) is 10.9 Å². The molecule has 1 saturated carbocycles. The molecule has 0 atom stereocenters. The normalized spacial score (nSPS) is 14.4. The van der Waals surface area contributed by atoms with Gasteiger partial charge in [0, 0.05) is 58.7 Å². The molecule has 0 aliphatic heterocycles. The predicted octanol–water partition coefficient (Wildman–Crippen LogP) is 2.91. The van der Waals surface area contributed by atoms with Crippen LogP contribution in [0.15, 0.2) is 29.3 Å². The molecule has 1 aromatic rings. The van der Waals surface area contributed by atoms with Gasteiger partial charge in [0.05, 0.1) is 6.61 Å². The van der Waals surface area contributed by atoms with Crippen LogP contribution in [0.5, 0.6) is 5.75 Å². The molecule has 1 aliphatic rings. The quantitative estimate of drug-likeness (QED) is 0.345. The van der Waals surface area contributed by atoms with Crippen LogP contribution in [-0.2, 0) is 9.47 Å². The Kier molecular flexibility index (Phi) is 9.15. The molecule has 140 valence electrons. The van der Waals surface area contributed by atoms with Crippen LogP contribution in [0.25, 0.3) is 0 Å². The lowest BCUT2D eigenvalue weighted by Gasteiger charge is -2.13. The Labute approximate surface area is 151 Å². The first kappa shape index (κ1) is 19.5. The largest absolute Gasteiger partial charge is 0.493 e. The van der Waals surface area contributed by atoms with Gasteiger partial charge in [0.2, 0.25) is 0 Å². The number of methoxy groups -OCH3 is 1. The average Bonchev–Trinajstić information content (AvgIpc) is 3.45. The van der Waals surface area contributed by atoms with Crippen molar-refractivity contribution in [1.29, 1.82) is 0 Å². The molecule has 1 aromatic carbocycles. The van der Waals surface area contributed by atoms with Crippen molar-refractivity contribution in [3.05, 3.63) is 24.3 Å². The van der Waals surface area contributed by atoms with Crippen LogP contribution in [0.2, 0.25) is 0 Å². The second kappa shape index (κ2) is 11.7. The molecule has 0 aromatic heterocycles. The van der Waals surface area contributed by atoms with Crippen LogP contribution in [0, 0.1) is 5.92 Å². The first-order valence-corrected chi connectivity index (χ1v) is 9.09. The van der Waals surface area contributed by atoms with E-state index >= 15 is 0 Å². The van der Waals surface area contributed by atoms with Crippen molar-refractivity contribution in [2.45, 2.75) is 25.7 Å². The van der Waals surface area contributed by atoms with Gasteiger partial charge in [0.25, 0.3) is 0 Å². The van der Waals surface area contributed by atoms with E-state index in [2.05, 4.69) is 15.6 Å². The van der Waals surface area contributed by atoms with Gasteiger partial charge >= 0.3 is 0 Å². The van der Waals surface area contributed by atoms with Gasteiger partial charge in [-0.05, 0) is 37.3 Å². The first-order chi connectivity index (χ1) is 12.3. The fourth-order valence-electron chi connectivity index (χ4n) is 2.29. The summed E-state index contributed by atoms with van der Waals surface area (Å²) in [6, 6.07) is 7.88. The average molecular weight is 349 g/mol. The van der Waals surface area contributed by atoms with E-state index < -0.39 is 0 Å². The van der Waals surface area contributed by atoms with Gasteiger partial charge in [-0.25, -0.2) is 0 Å². The van der Waals surface area contributed by atoms with Crippen molar-refractivity contribution in [3.8, 4) is 5.75 Å². The third kappa shape index (κ3) is 8.74. The van der Waals surface area contributed by atoms with Gasteiger partial charge in [-0.2, -0.15) is 0 Å². The molecular formula is C19H31N3O3. The van der Waals surface area contributed by atoms with Gasteiger partial charge < -0.3 is 24.8 Å².